The Hall–Kier alpha value is -1.89. The second-order valence-electron chi connectivity index (χ2n) is 3.03. The third kappa shape index (κ3) is 1.82. The molecule has 0 unspecified atom stereocenters. The van der Waals surface area contributed by atoms with Gasteiger partial charge in [-0.25, -0.2) is 4.68 Å². The lowest BCUT2D eigenvalue weighted by Crippen LogP contribution is -1.97. The number of aryl methyl sites for hydroxylation is 1. The Morgan fingerprint density at radius 1 is 1.60 bits per heavy atom. The van der Waals surface area contributed by atoms with Gasteiger partial charge in [0.2, 0.25) is 11.8 Å². The van der Waals surface area contributed by atoms with Gasteiger partial charge in [0.05, 0.1) is 0 Å². The summed E-state index contributed by atoms with van der Waals surface area (Å²) in [5.41, 5.74) is 6.10. The molecule has 0 fully saturated rings. The van der Waals surface area contributed by atoms with Crippen molar-refractivity contribution in [2.24, 2.45) is 7.05 Å². The molecule has 80 valence electrons. The fourth-order valence-corrected chi connectivity index (χ4v) is 1.13. The highest BCUT2D eigenvalue weighted by Crippen LogP contribution is 2.16. The minimum absolute atomic E-state index is 0.335. The molecule has 0 spiro atoms. The quantitative estimate of drug-likeness (QED) is 0.776. The standard InChI is InChI=1S/C8H11N5O2/c1-13-8(9)10-7(11-13)6-3-5(4-14-2)15-12-6/h3H,4H2,1-2H3,(H2,9,10,11). The van der Waals surface area contributed by atoms with Crippen LogP contribution < -0.4 is 5.73 Å². The minimum Gasteiger partial charge on any atom is -0.377 e. The Labute approximate surface area is 85.8 Å². The number of hydrogen-bond donors (Lipinski definition) is 1. The summed E-state index contributed by atoms with van der Waals surface area (Å²) >= 11 is 0. The molecule has 0 aliphatic carbocycles. The summed E-state index contributed by atoms with van der Waals surface area (Å²) in [6.45, 7) is 0.370. The summed E-state index contributed by atoms with van der Waals surface area (Å²) in [4.78, 5) is 4.02. The first kappa shape index (κ1) is 9.66. The van der Waals surface area contributed by atoms with Crippen molar-refractivity contribution in [3.63, 3.8) is 0 Å². The third-order valence-electron chi connectivity index (χ3n) is 1.87. The number of nitrogens with two attached hydrogens (primary N) is 1. The van der Waals surface area contributed by atoms with Gasteiger partial charge in [0.15, 0.2) is 11.5 Å². The van der Waals surface area contributed by atoms with Crippen LogP contribution in [0.25, 0.3) is 11.5 Å². The van der Waals surface area contributed by atoms with E-state index in [1.165, 1.54) is 4.68 Å². The van der Waals surface area contributed by atoms with Crippen molar-refractivity contribution in [1.29, 1.82) is 0 Å². The summed E-state index contributed by atoms with van der Waals surface area (Å²) in [5.74, 6) is 1.40. The predicted molar refractivity (Wildman–Crippen MR) is 51.6 cm³/mol. The maximum Gasteiger partial charge on any atom is 0.218 e. The monoisotopic (exact) mass is 209 g/mol. The van der Waals surface area contributed by atoms with E-state index in [0.29, 0.717) is 29.8 Å². The van der Waals surface area contributed by atoms with Gasteiger partial charge in [-0.05, 0) is 0 Å². The van der Waals surface area contributed by atoms with Crippen molar-refractivity contribution in [3.05, 3.63) is 11.8 Å². The van der Waals surface area contributed by atoms with E-state index in [1.54, 1.807) is 20.2 Å². The Balaban J connectivity index is 2.28. The van der Waals surface area contributed by atoms with E-state index in [0.717, 1.165) is 0 Å². The van der Waals surface area contributed by atoms with Gasteiger partial charge >= 0.3 is 0 Å². The molecule has 0 aromatic carbocycles. The number of anilines is 1. The van der Waals surface area contributed by atoms with E-state index in [4.69, 9.17) is 15.0 Å². The van der Waals surface area contributed by atoms with Crippen LogP contribution in [-0.2, 0) is 18.4 Å². The Morgan fingerprint density at radius 2 is 2.40 bits per heavy atom. The van der Waals surface area contributed by atoms with E-state index in [2.05, 4.69) is 15.2 Å². The zero-order valence-electron chi connectivity index (χ0n) is 8.47. The molecule has 0 aliphatic heterocycles. The molecule has 7 heteroatoms. The molecule has 0 amide bonds. The van der Waals surface area contributed by atoms with Crippen LogP contribution in [-0.4, -0.2) is 27.0 Å². The van der Waals surface area contributed by atoms with Gasteiger partial charge in [-0.1, -0.05) is 5.16 Å². The van der Waals surface area contributed by atoms with E-state index >= 15 is 0 Å². The second-order valence-corrected chi connectivity index (χ2v) is 3.03. The van der Waals surface area contributed by atoms with Crippen molar-refractivity contribution in [3.8, 4) is 11.5 Å². The molecule has 0 saturated heterocycles. The van der Waals surface area contributed by atoms with E-state index in [9.17, 15) is 0 Å². The van der Waals surface area contributed by atoms with Gasteiger partial charge in [-0.3, -0.25) is 0 Å². The number of nitrogens with zero attached hydrogens (tertiary/aromatic N) is 4. The van der Waals surface area contributed by atoms with Crippen molar-refractivity contribution in [2.75, 3.05) is 12.8 Å². The number of aromatic nitrogens is 4. The van der Waals surface area contributed by atoms with E-state index in [1.807, 2.05) is 0 Å². The summed E-state index contributed by atoms with van der Waals surface area (Å²) in [7, 11) is 3.29. The van der Waals surface area contributed by atoms with E-state index < -0.39 is 0 Å². The Kier molecular flexibility index (Phi) is 2.38. The van der Waals surface area contributed by atoms with Gasteiger partial charge in [0.25, 0.3) is 0 Å². The van der Waals surface area contributed by atoms with Crippen LogP contribution in [0.5, 0.6) is 0 Å². The summed E-state index contributed by atoms with van der Waals surface area (Å²) in [6, 6.07) is 1.72. The maximum absolute atomic E-state index is 5.55. The summed E-state index contributed by atoms with van der Waals surface area (Å²) in [5, 5.41) is 7.88. The van der Waals surface area contributed by atoms with Crippen LogP contribution in [0.1, 0.15) is 5.76 Å². The first-order valence-corrected chi connectivity index (χ1v) is 4.32. The fourth-order valence-electron chi connectivity index (χ4n) is 1.13. The van der Waals surface area contributed by atoms with Crippen LogP contribution >= 0.6 is 0 Å². The molecule has 2 aromatic heterocycles. The molecule has 0 radical (unpaired) electrons. The van der Waals surface area contributed by atoms with Gasteiger partial charge in [-0.15, -0.1) is 5.10 Å². The molecule has 7 nitrogen and oxygen atoms in total. The highest BCUT2D eigenvalue weighted by atomic mass is 16.5. The van der Waals surface area contributed by atoms with Gasteiger partial charge in [0, 0.05) is 20.2 Å². The molecule has 2 N–H and O–H groups in total. The highest BCUT2D eigenvalue weighted by Gasteiger charge is 2.12. The number of ether oxygens (including phenoxy) is 1. The zero-order valence-corrected chi connectivity index (χ0v) is 8.47. The van der Waals surface area contributed by atoms with Crippen LogP contribution in [0.4, 0.5) is 5.95 Å². The van der Waals surface area contributed by atoms with Crippen molar-refractivity contribution in [1.82, 2.24) is 19.9 Å². The normalized spacial score (nSPS) is 10.8. The van der Waals surface area contributed by atoms with Gasteiger partial charge in [0.1, 0.15) is 6.61 Å². The second kappa shape index (κ2) is 3.70. The van der Waals surface area contributed by atoms with Crippen molar-refractivity contribution >= 4 is 5.95 Å². The molecule has 0 bridgehead atoms. The number of hydrogen-bond acceptors (Lipinski definition) is 6. The summed E-state index contributed by atoms with van der Waals surface area (Å²) in [6.07, 6.45) is 0. The number of methoxy groups -OCH3 is 1. The minimum atomic E-state index is 0.335. The molecule has 2 aromatic rings. The molecular weight excluding hydrogens is 198 g/mol. The Bertz CT molecular complexity index is 442. The maximum atomic E-state index is 5.55. The average molecular weight is 209 g/mol. The van der Waals surface area contributed by atoms with Gasteiger partial charge in [-0.2, -0.15) is 4.98 Å². The molecule has 0 saturated carbocycles. The topological polar surface area (TPSA) is 92.0 Å². The predicted octanol–water partition coefficient (Wildman–Crippen LogP) is 0.199. The number of rotatable bonds is 3. The molecule has 0 aliphatic rings. The van der Waals surface area contributed by atoms with Crippen LogP contribution in [0, 0.1) is 0 Å². The third-order valence-corrected chi connectivity index (χ3v) is 1.87. The van der Waals surface area contributed by atoms with Crippen molar-refractivity contribution in [2.45, 2.75) is 6.61 Å². The molecule has 15 heavy (non-hydrogen) atoms. The Morgan fingerprint density at radius 3 is 3.00 bits per heavy atom. The van der Waals surface area contributed by atoms with Crippen LogP contribution in [0.3, 0.4) is 0 Å². The lowest BCUT2D eigenvalue weighted by molar-refractivity contribution is 0.156. The largest absolute Gasteiger partial charge is 0.377 e. The first-order chi connectivity index (χ1) is 7.20. The zero-order chi connectivity index (χ0) is 10.8. The summed E-state index contributed by atoms with van der Waals surface area (Å²) < 4.78 is 11.4. The molecule has 2 heterocycles. The fraction of sp³-hybridized carbons (Fsp3) is 0.375. The van der Waals surface area contributed by atoms with Crippen LogP contribution in [0.15, 0.2) is 10.6 Å². The molecule has 2 rings (SSSR count). The first-order valence-electron chi connectivity index (χ1n) is 4.32. The van der Waals surface area contributed by atoms with Crippen LogP contribution in [0.2, 0.25) is 0 Å². The smallest absolute Gasteiger partial charge is 0.218 e. The van der Waals surface area contributed by atoms with Gasteiger partial charge < -0.3 is 15.0 Å². The van der Waals surface area contributed by atoms with Crippen molar-refractivity contribution < 1.29 is 9.26 Å². The highest BCUT2D eigenvalue weighted by molar-refractivity contribution is 5.49. The molecular formula is C8H11N5O2. The lowest BCUT2D eigenvalue weighted by atomic mass is 10.3. The SMILES string of the molecule is COCc1cc(-c2nc(N)n(C)n2)no1. The molecule has 0 atom stereocenters. The lowest BCUT2D eigenvalue weighted by Gasteiger charge is -1.87. The average Bonchev–Trinajstić information content (AvgIpc) is 2.76. The van der Waals surface area contributed by atoms with E-state index in [-0.39, 0.29) is 0 Å². The number of nitrogen functional groups attached to an aromatic ring is 1.